The first kappa shape index (κ1) is 17.5. The minimum atomic E-state index is -0.647. The number of hydrogen-bond donors (Lipinski definition) is 0. The molecule has 0 aromatic carbocycles. The molecule has 1 aromatic heterocycles. The van der Waals surface area contributed by atoms with E-state index in [-0.39, 0.29) is 23.9 Å². The normalized spacial score (nSPS) is 30.6. The van der Waals surface area contributed by atoms with E-state index < -0.39 is 5.72 Å². The average molecular weight is 361 g/mol. The van der Waals surface area contributed by atoms with Gasteiger partial charge < -0.3 is 19.1 Å². The molecule has 0 saturated carbocycles. The standard InChI is InChI=1S/C19H27N3O4/c1-11(2)7-13-8-14(20-26-13)18(24)21-6-5-19-16(21)9-17(23)22(19)15(10-25-19)12(3)4/h8,11-12,15-16H,5-7,9-10H2,1-4H3/t15-,16+,19-/m0/s1. The predicted octanol–water partition coefficient (Wildman–Crippen LogP) is 2.07. The monoisotopic (exact) mass is 361 g/mol. The smallest absolute Gasteiger partial charge is 0.276 e. The summed E-state index contributed by atoms with van der Waals surface area (Å²) in [6.45, 7) is 9.52. The van der Waals surface area contributed by atoms with Crippen molar-refractivity contribution in [3.8, 4) is 0 Å². The Kier molecular flexibility index (Phi) is 4.10. The van der Waals surface area contributed by atoms with Crippen LogP contribution in [0.25, 0.3) is 0 Å². The molecule has 3 saturated heterocycles. The Morgan fingerprint density at radius 3 is 2.85 bits per heavy atom. The van der Waals surface area contributed by atoms with E-state index in [1.165, 1.54) is 0 Å². The number of amides is 2. The third-order valence-corrected chi connectivity index (χ3v) is 5.91. The van der Waals surface area contributed by atoms with Crippen LogP contribution in [0.3, 0.4) is 0 Å². The summed E-state index contributed by atoms with van der Waals surface area (Å²) in [5.41, 5.74) is -0.325. The molecule has 0 radical (unpaired) electrons. The van der Waals surface area contributed by atoms with Gasteiger partial charge in [0.25, 0.3) is 5.91 Å². The number of hydrogen-bond acceptors (Lipinski definition) is 5. The summed E-state index contributed by atoms with van der Waals surface area (Å²) in [5, 5.41) is 3.97. The highest BCUT2D eigenvalue weighted by atomic mass is 16.5. The van der Waals surface area contributed by atoms with Gasteiger partial charge in [0.05, 0.1) is 25.1 Å². The maximum atomic E-state index is 13.0. The van der Waals surface area contributed by atoms with Gasteiger partial charge in [-0.05, 0) is 11.8 Å². The molecule has 3 atom stereocenters. The Hall–Kier alpha value is -1.89. The zero-order chi connectivity index (χ0) is 18.6. The second-order valence-electron chi connectivity index (χ2n) is 8.48. The number of carbonyl (C=O) groups is 2. The van der Waals surface area contributed by atoms with Gasteiger partial charge in [-0.2, -0.15) is 0 Å². The van der Waals surface area contributed by atoms with Crippen LogP contribution in [0.2, 0.25) is 0 Å². The Morgan fingerprint density at radius 1 is 1.38 bits per heavy atom. The Labute approximate surface area is 153 Å². The highest BCUT2D eigenvalue weighted by molar-refractivity contribution is 5.94. The first-order valence-electron chi connectivity index (χ1n) is 9.56. The highest BCUT2D eigenvalue weighted by Gasteiger charge is 2.65. The van der Waals surface area contributed by atoms with Crippen LogP contribution in [0.5, 0.6) is 0 Å². The van der Waals surface area contributed by atoms with E-state index in [2.05, 4.69) is 32.9 Å². The SMILES string of the molecule is CC(C)Cc1cc(C(=O)N2CC[C@@]34OC[C@@H](C(C)C)N3C(=O)C[C@@H]24)no1. The molecule has 7 heteroatoms. The lowest BCUT2D eigenvalue weighted by atomic mass is 10.0. The van der Waals surface area contributed by atoms with Crippen molar-refractivity contribution < 1.29 is 18.8 Å². The highest BCUT2D eigenvalue weighted by Crippen LogP contribution is 2.49. The quantitative estimate of drug-likeness (QED) is 0.821. The van der Waals surface area contributed by atoms with Crippen LogP contribution in [-0.4, -0.2) is 57.7 Å². The van der Waals surface area contributed by atoms with Crippen molar-refractivity contribution in [1.29, 1.82) is 0 Å². The summed E-state index contributed by atoms with van der Waals surface area (Å²) in [5.74, 6) is 1.40. The van der Waals surface area contributed by atoms with Gasteiger partial charge >= 0.3 is 0 Å². The zero-order valence-corrected chi connectivity index (χ0v) is 15.9. The van der Waals surface area contributed by atoms with Crippen LogP contribution in [0.4, 0.5) is 0 Å². The molecule has 0 unspecified atom stereocenters. The number of likely N-dealkylation sites (tertiary alicyclic amines) is 1. The fraction of sp³-hybridized carbons (Fsp3) is 0.737. The van der Waals surface area contributed by atoms with E-state index in [9.17, 15) is 9.59 Å². The molecule has 4 rings (SSSR count). The third kappa shape index (κ3) is 2.47. The van der Waals surface area contributed by atoms with Gasteiger partial charge in [0.15, 0.2) is 11.4 Å². The van der Waals surface area contributed by atoms with Gasteiger partial charge in [-0.1, -0.05) is 32.9 Å². The van der Waals surface area contributed by atoms with E-state index in [1.807, 2.05) is 4.90 Å². The average Bonchev–Trinajstić information content (AvgIpc) is 3.28. The summed E-state index contributed by atoms with van der Waals surface area (Å²) >= 11 is 0. The minimum Gasteiger partial charge on any atom is -0.361 e. The zero-order valence-electron chi connectivity index (χ0n) is 15.9. The molecule has 1 aromatic rings. The van der Waals surface area contributed by atoms with Crippen molar-refractivity contribution in [3.63, 3.8) is 0 Å². The topological polar surface area (TPSA) is 75.9 Å². The summed E-state index contributed by atoms with van der Waals surface area (Å²) in [7, 11) is 0. The van der Waals surface area contributed by atoms with Gasteiger partial charge in [-0.15, -0.1) is 0 Å². The number of rotatable bonds is 4. The van der Waals surface area contributed by atoms with Crippen molar-refractivity contribution in [1.82, 2.24) is 15.0 Å². The molecule has 0 bridgehead atoms. The van der Waals surface area contributed by atoms with Gasteiger partial charge in [0.1, 0.15) is 5.76 Å². The van der Waals surface area contributed by atoms with E-state index in [1.54, 1.807) is 11.0 Å². The first-order chi connectivity index (χ1) is 12.3. The van der Waals surface area contributed by atoms with E-state index >= 15 is 0 Å². The largest absolute Gasteiger partial charge is 0.361 e. The minimum absolute atomic E-state index is 0.0874. The van der Waals surface area contributed by atoms with Crippen LogP contribution in [0.15, 0.2) is 10.6 Å². The first-order valence-corrected chi connectivity index (χ1v) is 9.56. The maximum absolute atomic E-state index is 13.0. The van der Waals surface area contributed by atoms with Gasteiger partial charge in [-0.3, -0.25) is 9.59 Å². The number of carbonyl (C=O) groups excluding carboxylic acids is 2. The predicted molar refractivity (Wildman–Crippen MR) is 93.3 cm³/mol. The molecule has 4 heterocycles. The number of ether oxygens (including phenoxy) is 1. The van der Waals surface area contributed by atoms with Gasteiger partial charge in [0.2, 0.25) is 5.91 Å². The molecule has 7 nitrogen and oxygen atoms in total. The summed E-state index contributed by atoms with van der Waals surface area (Å²) in [6.07, 6.45) is 1.74. The molecule has 3 fully saturated rings. The van der Waals surface area contributed by atoms with Crippen LogP contribution in [0, 0.1) is 11.8 Å². The molecule has 2 amide bonds. The fourth-order valence-electron chi connectivity index (χ4n) is 4.67. The number of nitrogens with zero attached hydrogens (tertiary/aromatic N) is 3. The molecule has 3 aliphatic heterocycles. The lowest BCUT2D eigenvalue weighted by Crippen LogP contribution is -2.51. The summed E-state index contributed by atoms with van der Waals surface area (Å²) in [4.78, 5) is 29.4. The molecular weight excluding hydrogens is 334 g/mol. The molecular formula is C19H27N3O4. The molecule has 1 spiro atoms. The van der Waals surface area contributed by atoms with Crippen molar-refractivity contribution in [2.24, 2.45) is 11.8 Å². The van der Waals surface area contributed by atoms with Crippen molar-refractivity contribution in [2.75, 3.05) is 13.2 Å². The van der Waals surface area contributed by atoms with E-state index in [4.69, 9.17) is 9.26 Å². The van der Waals surface area contributed by atoms with Crippen molar-refractivity contribution in [3.05, 3.63) is 17.5 Å². The summed E-state index contributed by atoms with van der Waals surface area (Å²) in [6, 6.07) is 1.58. The summed E-state index contributed by atoms with van der Waals surface area (Å²) < 4.78 is 11.5. The fourth-order valence-corrected chi connectivity index (χ4v) is 4.67. The van der Waals surface area contributed by atoms with Crippen LogP contribution >= 0.6 is 0 Å². The Morgan fingerprint density at radius 2 is 2.15 bits per heavy atom. The maximum Gasteiger partial charge on any atom is 0.276 e. The Balaban J connectivity index is 1.56. The molecule has 142 valence electrons. The van der Waals surface area contributed by atoms with Crippen LogP contribution < -0.4 is 0 Å². The third-order valence-electron chi connectivity index (χ3n) is 5.91. The number of aromatic nitrogens is 1. The lowest BCUT2D eigenvalue weighted by Gasteiger charge is -2.34. The molecule has 26 heavy (non-hydrogen) atoms. The van der Waals surface area contributed by atoms with Crippen molar-refractivity contribution in [2.45, 2.75) is 64.8 Å². The van der Waals surface area contributed by atoms with Gasteiger partial charge in [-0.25, -0.2) is 0 Å². The lowest BCUT2D eigenvalue weighted by molar-refractivity contribution is -0.139. The molecule has 0 aliphatic carbocycles. The second-order valence-corrected chi connectivity index (χ2v) is 8.48. The van der Waals surface area contributed by atoms with Gasteiger partial charge in [0, 0.05) is 25.5 Å². The Bertz CT molecular complexity index is 728. The van der Waals surface area contributed by atoms with E-state index in [0.29, 0.717) is 43.5 Å². The van der Waals surface area contributed by atoms with Crippen molar-refractivity contribution >= 4 is 11.8 Å². The van der Waals surface area contributed by atoms with E-state index in [0.717, 1.165) is 12.2 Å². The second kappa shape index (κ2) is 6.08. The van der Waals surface area contributed by atoms with Crippen LogP contribution in [-0.2, 0) is 16.0 Å². The van der Waals surface area contributed by atoms with Crippen LogP contribution in [0.1, 0.15) is 56.8 Å². The molecule has 3 aliphatic rings. The molecule has 0 N–H and O–H groups in total.